The van der Waals surface area contributed by atoms with E-state index in [0.717, 1.165) is 35.0 Å². The highest BCUT2D eigenvalue weighted by molar-refractivity contribution is 6.08. The molecule has 1 saturated heterocycles. The lowest BCUT2D eigenvalue weighted by Gasteiger charge is -2.15. The molecule has 0 radical (unpaired) electrons. The number of rotatable bonds is 4. The summed E-state index contributed by atoms with van der Waals surface area (Å²) in [4.78, 5) is 26.1. The maximum Gasteiger partial charge on any atom is 0.227 e. The summed E-state index contributed by atoms with van der Waals surface area (Å²) in [6, 6.07) is 21.5. The van der Waals surface area contributed by atoms with E-state index in [2.05, 4.69) is 18.2 Å². The Morgan fingerprint density at radius 3 is 2.46 bits per heavy atom. The van der Waals surface area contributed by atoms with E-state index in [-0.39, 0.29) is 11.7 Å². The predicted molar refractivity (Wildman–Crippen MR) is 105 cm³/mol. The third-order valence-corrected chi connectivity index (χ3v) is 4.77. The topological polar surface area (TPSA) is 37.4 Å². The Morgan fingerprint density at radius 1 is 0.923 bits per heavy atom. The Bertz CT molecular complexity index is 997. The largest absolute Gasteiger partial charge is 0.312 e. The molecule has 0 unspecified atom stereocenters. The number of hydrogen-bond donors (Lipinski definition) is 0. The number of nitrogens with zero attached hydrogens (tertiary/aromatic N) is 1. The van der Waals surface area contributed by atoms with Gasteiger partial charge in [0.15, 0.2) is 5.78 Å². The molecule has 3 aromatic rings. The van der Waals surface area contributed by atoms with Crippen molar-refractivity contribution in [1.29, 1.82) is 0 Å². The first-order valence-electron chi connectivity index (χ1n) is 8.83. The molecule has 1 amide bonds. The Labute approximate surface area is 152 Å². The number of carbonyl (C=O) groups is 2. The van der Waals surface area contributed by atoms with E-state index in [9.17, 15) is 9.59 Å². The van der Waals surface area contributed by atoms with Crippen LogP contribution in [0, 0.1) is 0 Å². The van der Waals surface area contributed by atoms with Crippen LogP contribution in [0.2, 0.25) is 0 Å². The zero-order valence-corrected chi connectivity index (χ0v) is 14.4. The van der Waals surface area contributed by atoms with Gasteiger partial charge in [-0.05, 0) is 53.1 Å². The summed E-state index contributed by atoms with van der Waals surface area (Å²) in [6.45, 7) is 0.757. The summed E-state index contributed by atoms with van der Waals surface area (Å²) in [6.07, 6.45) is 4.97. The first-order chi connectivity index (χ1) is 12.7. The third-order valence-electron chi connectivity index (χ3n) is 4.77. The van der Waals surface area contributed by atoms with Gasteiger partial charge in [-0.15, -0.1) is 0 Å². The number of anilines is 1. The molecule has 3 heteroatoms. The average molecular weight is 341 g/mol. The van der Waals surface area contributed by atoms with Crippen LogP contribution >= 0.6 is 0 Å². The standard InChI is InChI=1S/C23H19NO2/c25-22(15-12-18-7-3-6-17-5-1-2-8-21(17)18)19-10-13-20(14-11-19)24-16-4-9-23(24)26/h1-3,5-8,10-15H,4,9,16H2/b15-12+. The first-order valence-corrected chi connectivity index (χ1v) is 8.83. The van der Waals surface area contributed by atoms with Gasteiger partial charge in [-0.3, -0.25) is 9.59 Å². The molecule has 0 spiro atoms. The van der Waals surface area contributed by atoms with Gasteiger partial charge in [-0.1, -0.05) is 48.5 Å². The number of fused-ring (bicyclic) bond motifs is 1. The van der Waals surface area contributed by atoms with Crippen molar-refractivity contribution < 1.29 is 9.59 Å². The van der Waals surface area contributed by atoms with Crippen molar-refractivity contribution in [2.24, 2.45) is 0 Å². The lowest BCUT2D eigenvalue weighted by molar-refractivity contribution is -0.117. The molecule has 0 aromatic heterocycles. The molecule has 4 rings (SSSR count). The SMILES string of the molecule is O=C(/C=C/c1cccc2ccccc12)c1ccc(N2CCCC2=O)cc1. The van der Waals surface area contributed by atoms with Crippen LogP contribution in [0.3, 0.4) is 0 Å². The van der Waals surface area contributed by atoms with Crippen molar-refractivity contribution in [3.63, 3.8) is 0 Å². The lowest BCUT2D eigenvalue weighted by Crippen LogP contribution is -2.23. The molecule has 0 aliphatic carbocycles. The van der Waals surface area contributed by atoms with Crippen LogP contribution in [-0.4, -0.2) is 18.2 Å². The molecule has 3 aromatic carbocycles. The molecule has 0 N–H and O–H groups in total. The second kappa shape index (κ2) is 6.96. The smallest absolute Gasteiger partial charge is 0.227 e. The van der Waals surface area contributed by atoms with Gasteiger partial charge in [0.2, 0.25) is 5.91 Å². The molecule has 1 aliphatic heterocycles. The number of carbonyl (C=O) groups excluding carboxylic acids is 2. The summed E-state index contributed by atoms with van der Waals surface area (Å²) in [5.74, 6) is 0.108. The minimum atomic E-state index is -0.0442. The van der Waals surface area contributed by atoms with E-state index in [0.29, 0.717) is 12.0 Å². The van der Waals surface area contributed by atoms with Crippen molar-refractivity contribution in [1.82, 2.24) is 0 Å². The summed E-state index contributed by atoms with van der Waals surface area (Å²) in [5.41, 5.74) is 2.51. The summed E-state index contributed by atoms with van der Waals surface area (Å²) in [5, 5.41) is 2.28. The predicted octanol–water partition coefficient (Wildman–Crippen LogP) is 4.86. The van der Waals surface area contributed by atoms with Crippen molar-refractivity contribution in [2.45, 2.75) is 12.8 Å². The quantitative estimate of drug-likeness (QED) is 0.502. The highest BCUT2D eigenvalue weighted by Gasteiger charge is 2.21. The number of amides is 1. The maximum absolute atomic E-state index is 12.5. The summed E-state index contributed by atoms with van der Waals surface area (Å²) in [7, 11) is 0. The lowest BCUT2D eigenvalue weighted by atomic mass is 10.0. The molecular weight excluding hydrogens is 322 g/mol. The minimum Gasteiger partial charge on any atom is -0.312 e. The molecule has 1 aliphatic rings. The van der Waals surface area contributed by atoms with Gasteiger partial charge >= 0.3 is 0 Å². The molecule has 3 nitrogen and oxygen atoms in total. The Balaban J connectivity index is 1.54. The third kappa shape index (κ3) is 3.16. The molecule has 1 fully saturated rings. The van der Waals surface area contributed by atoms with Crippen molar-refractivity contribution in [3.8, 4) is 0 Å². The van der Waals surface area contributed by atoms with Crippen LogP contribution in [0.1, 0.15) is 28.8 Å². The van der Waals surface area contributed by atoms with Crippen LogP contribution < -0.4 is 4.90 Å². The van der Waals surface area contributed by atoms with Crippen molar-refractivity contribution in [2.75, 3.05) is 11.4 Å². The number of allylic oxidation sites excluding steroid dienone is 1. The number of benzene rings is 3. The second-order valence-corrected chi connectivity index (χ2v) is 6.46. The van der Waals surface area contributed by atoms with Gasteiger partial charge in [0.05, 0.1) is 0 Å². The zero-order chi connectivity index (χ0) is 17.9. The second-order valence-electron chi connectivity index (χ2n) is 6.46. The normalized spacial score (nSPS) is 14.5. The fraction of sp³-hybridized carbons (Fsp3) is 0.130. The highest BCUT2D eigenvalue weighted by atomic mass is 16.2. The van der Waals surface area contributed by atoms with Crippen LogP contribution in [0.4, 0.5) is 5.69 Å². The Kier molecular flexibility index (Phi) is 4.36. The summed E-state index contributed by atoms with van der Waals surface area (Å²) >= 11 is 0. The van der Waals surface area contributed by atoms with Gasteiger partial charge in [-0.2, -0.15) is 0 Å². The zero-order valence-electron chi connectivity index (χ0n) is 14.4. The molecule has 128 valence electrons. The van der Waals surface area contributed by atoms with Crippen molar-refractivity contribution >= 4 is 34.2 Å². The van der Waals surface area contributed by atoms with Crippen LogP contribution in [-0.2, 0) is 4.79 Å². The van der Waals surface area contributed by atoms with Crippen LogP contribution in [0.25, 0.3) is 16.8 Å². The van der Waals surface area contributed by atoms with E-state index in [1.54, 1.807) is 23.1 Å². The number of hydrogen-bond acceptors (Lipinski definition) is 2. The first kappa shape index (κ1) is 16.3. The highest BCUT2D eigenvalue weighted by Crippen LogP contribution is 2.23. The molecular formula is C23H19NO2. The van der Waals surface area contributed by atoms with E-state index in [4.69, 9.17) is 0 Å². The fourth-order valence-corrected chi connectivity index (χ4v) is 3.38. The van der Waals surface area contributed by atoms with Gasteiger partial charge in [0.1, 0.15) is 0 Å². The molecule has 1 heterocycles. The van der Waals surface area contributed by atoms with E-state index in [1.165, 1.54) is 0 Å². The van der Waals surface area contributed by atoms with Gasteiger partial charge in [-0.25, -0.2) is 0 Å². The van der Waals surface area contributed by atoms with Gasteiger partial charge < -0.3 is 4.90 Å². The van der Waals surface area contributed by atoms with E-state index in [1.807, 2.05) is 42.5 Å². The summed E-state index contributed by atoms with van der Waals surface area (Å²) < 4.78 is 0. The maximum atomic E-state index is 12.5. The molecule has 0 atom stereocenters. The van der Waals surface area contributed by atoms with E-state index < -0.39 is 0 Å². The van der Waals surface area contributed by atoms with Crippen LogP contribution in [0.5, 0.6) is 0 Å². The minimum absolute atomic E-state index is 0.0442. The molecule has 26 heavy (non-hydrogen) atoms. The van der Waals surface area contributed by atoms with Crippen molar-refractivity contribution in [3.05, 3.63) is 83.9 Å². The van der Waals surface area contributed by atoms with Crippen LogP contribution in [0.15, 0.2) is 72.8 Å². The number of ketones is 1. The molecule has 0 saturated carbocycles. The monoisotopic (exact) mass is 341 g/mol. The Morgan fingerprint density at radius 2 is 1.69 bits per heavy atom. The fourth-order valence-electron chi connectivity index (χ4n) is 3.38. The average Bonchev–Trinajstić information content (AvgIpc) is 3.12. The van der Waals surface area contributed by atoms with E-state index >= 15 is 0 Å². The Hall–Kier alpha value is -3.20. The van der Waals surface area contributed by atoms with Gasteiger partial charge in [0.25, 0.3) is 0 Å². The molecule has 0 bridgehead atoms. The van der Waals surface area contributed by atoms with Gasteiger partial charge in [0, 0.05) is 24.2 Å².